The van der Waals surface area contributed by atoms with Crippen LogP contribution in [0, 0.1) is 0 Å². The molecular formula is C14H20ClN3O4S. The van der Waals surface area contributed by atoms with Gasteiger partial charge < -0.3 is 15.4 Å². The number of benzene rings is 1. The van der Waals surface area contributed by atoms with Crippen LogP contribution in [0.1, 0.15) is 6.92 Å². The van der Waals surface area contributed by atoms with Crippen LogP contribution in [0.25, 0.3) is 0 Å². The summed E-state index contributed by atoms with van der Waals surface area (Å²) in [6.07, 6.45) is -0.216. The van der Waals surface area contributed by atoms with E-state index in [9.17, 15) is 13.2 Å². The van der Waals surface area contributed by atoms with Crippen LogP contribution >= 0.6 is 11.6 Å². The zero-order valence-corrected chi connectivity index (χ0v) is 14.3. The smallest absolute Gasteiger partial charge is 0.240 e. The van der Waals surface area contributed by atoms with E-state index in [4.69, 9.17) is 16.3 Å². The summed E-state index contributed by atoms with van der Waals surface area (Å²) in [7, 11) is -3.64. The zero-order chi connectivity index (χ0) is 16.9. The molecule has 0 bridgehead atoms. The van der Waals surface area contributed by atoms with E-state index in [1.54, 1.807) is 12.1 Å². The number of rotatable bonds is 6. The third kappa shape index (κ3) is 5.15. The van der Waals surface area contributed by atoms with Crippen LogP contribution in [0.4, 0.5) is 0 Å². The third-order valence-corrected chi connectivity index (χ3v) is 5.12. The summed E-state index contributed by atoms with van der Waals surface area (Å²) in [5.74, 6) is -0.209. The van der Waals surface area contributed by atoms with E-state index >= 15 is 0 Å². The Labute approximate surface area is 140 Å². The molecule has 9 heteroatoms. The second-order valence-corrected chi connectivity index (χ2v) is 7.36. The SMILES string of the molecule is C[C@H]1OCCN[C@@H]1C(=O)NCCNS(=O)(=O)c1cccc(Cl)c1. The summed E-state index contributed by atoms with van der Waals surface area (Å²) < 4.78 is 31.9. The van der Waals surface area contributed by atoms with Gasteiger partial charge in [0.2, 0.25) is 15.9 Å². The van der Waals surface area contributed by atoms with Gasteiger partial charge in [0.05, 0.1) is 17.6 Å². The first kappa shape index (κ1) is 18.2. The number of carbonyl (C=O) groups is 1. The van der Waals surface area contributed by atoms with Crippen molar-refractivity contribution >= 4 is 27.5 Å². The van der Waals surface area contributed by atoms with E-state index in [0.717, 1.165) is 0 Å². The quantitative estimate of drug-likeness (QED) is 0.625. The Kier molecular flexibility index (Phi) is 6.37. The van der Waals surface area contributed by atoms with Gasteiger partial charge >= 0.3 is 0 Å². The zero-order valence-electron chi connectivity index (χ0n) is 12.7. The fourth-order valence-corrected chi connectivity index (χ4v) is 3.56. The Hall–Kier alpha value is -1.19. The highest BCUT2D eigenvalue weighted by Gasteiger charge is 2.27. The van der Waals surface area contributed by atoms with E-state index in [1.165, 1.54) is 12.1 Å². The first-order valence-electron chi connectivity index (χ1n) is 7.28. The van der Waals surface area contributed by atoms with Crippen molar-refractivity contribution in [2.75, 3.05) is 26.2 Å². The molecule has 3 N–H and O–H groups in total. The Morgan fingerprint density at radius 3 is 2.91 bits per heavy atom. The molecule has 0 unspecified atom stereocenters. The van der Waals surface area contributed by atoms with Crippen LogP contribution < -0.4 is 15.4 Å². The van der Waals surface area contributed by atoms with Gasteiger partial charge in [-0.3, -0.25) is 4.79 Å². The first-order chi connectivity index (χ1) is 10.9. The number of halogens is 1. The fourth-order valence-electron chi connectivity index (χ4n) is 2.23. The number of nitrogens with one attached hydrogen (secondary N) is 3. The summed E-state index contributed by atoms with van der Waals surface area (Å²) in [4.78, 5) is 12.1. The van der Waals surface area contributed by atoms with Gasteiger partial charge in [-0.15, -0.1) is 0 Å². The molecule has 0 saturated carbocycles. The van der Waals surface area contributed by atoms with E-state index in [0.29, 0.717) is 18.2 Å². The van der Waals surface area contributed by atoms with Gasteiger partial charge in [-0.1, -0.05) is 17.7 Å². The molecule has 0 radical (unpaired) electrons. The van der Waals surface area contributed by atoms with Crippen LogP contribution in [0.2, 0.25) is 5.02 Å². The van der Waals surface area contributed by atoms with Gasteiger partial charge in [0, 0.05) is 24.7 Å². The average Bonchev–Trinajstić information content (AvgIpc) is 2.52. The molecule has 2 rings (SSSR count). The number of carbonyl (C=O) groups excluding carboxylic acids is 1. The molecule has 0 aliphatic carbocycles. The summed E-state index contributed by atoms with van der Waals surface area (Å²) in [6, 6.07) is 5.56. The maximum absolute atomic E-state index is 12.1. The number of hydrogen-bond donors (Lipinski definition) is 3. The van der Waals surface area contributed by atoms with Gasteiger partial charge in [0.25, 0.3) is 0 Å². The lowest BCUT2D eigenvalue weighted by Gasteiger charge is -2.29. The number of hydrogen-bond acceptors (Lipinski definition) is 5. The van der Waals surface area contributed by atoms with E-state index in [2.05, 4.69) is 15.4 Å². The molecular weight excluding hydrogens is 342 g/mol. The second-order valence-electron chi connectivity index (χ2n) is 5.15. The van der Waals surface area contributed by atoms with E-state index in [-0.39, 0.29) is 30.0 Å². The van der Waals surface area contributed by atoms with Crippen molar-refractivity contribution < 1.29 is 17.9 Å². The topological polar surface area (TPSA) is 96.5 Å². The van der Waals surface area contributed by atoms with Gasteiger partial charge in [-0.2, -0.15) is 0 Å². The van der Waals surface area contributed by atoms with Crippen molar-refractivity contribution in [3.63, 3.8) is 0 Å². The van der Waals surface area contributed by atoms with Gasteiger partial charge in [-0.05, 0) is 25.1 Å². The Morgan fingerprint density at radius 2 is 2.22 bits per heavy atom. The maximum Gasteiger partial charge on any atom is 0.240 e. The number of morpholine rings is 1. The molecule has 1 aliphatic heterocycles. The molecule has 1 aromatic rings. The second kappa shape index (κ2) is 8.07. The molecule has 128 valence electrons. The van der Waals surface area contributed by atoms with E-state index < -0.39 is 16.1 Å². The number of amides is 1. The van der Waals surface area contributed by atoms with Crippen molar-refractivity contribution in [2.45, 2.75) is 24.0 Å². The molecule has 1 fully saturated rings. The average molecular weight is 362 g/mol. The standard InChI is InChI=1S/C14H20ClN3O4S/c1-10-13(16-7-8-22-10)14(19)17-5-6-18-23(20,21)12-4-2-3-11(15)9-12/h2-4,9-10,13,16,18H,5-8H2,1H3,(H,17,19)/t10-,13+/m1/s1. The minimum Gasteiger partial charge on any atom is -0.375 e. The van der Waals surface area contributed by atoms with Crippen molar-refractivity contribution in [3.05, 3.63) is 29.3 Å². The molecule has 1 saturated heterocycles. The normalized spacial score (nSPS) is 21.8. The van der Waals surface area contributed by atoms with E-state index in [1.807, 2.05) is 6.92 Å². The number of sulfonamides is 1. The first-order valence-corrected chi connectivity index (χ1v) is 9.14. The molecule has 0 spiro atoms. The summed E-state index contributed by atoms with van der Waals surface area (Å²) >= 11 is 5.79. The summed E-state index contributed by atoms with van der Waals surface area (Å²) in [6.45, 7) is 3.28. The highest BCUT2D eigenvalue weighted by Crippen LogP contribution is 2.14. The minimum absolute atomic E-state index is 0.0859. The Bertz CT molecular complexity index is 653. The molecule has 0 aromatic heterocycles. The van der Waals surface area contributed by atoms with Crippen molar-refractivity contribution in [3.8, 4) is 0 Å². The van der Waals surface area contributed by atoms with Crippen molar-refractivity contribution in [1.29, 1.82) is 0 Å². The predicted molar refractivity (Wildman–Crippen MR) is 86.9 cm³/mol. The van der Waals surface area contributed by atoms with Gasteiger partial charge in [0.1, 0.15) is 6.04 Å². The van der Waals surface area contributed by atoms with Crippen LogP contribution in [0.15, 0.2) is 29.2 Å². The number of ether oxygens (including phenoxy) is 1. The predicted octanol–water partition coefficient (Wildman–Crippen LogP) is 0.111. The summed E-state index contributed by atoms with van der Waals surface area (Å²) in [5, 5.41) is 6.10. The molecule has 2 atom stereocenters. The molecule has 1 aliphatic rings. The molecule has 1 heterocycles. The molecule has 1 amide bonds. The Morgan fingerprint density at radius 1 is 1.43 bits per heavy atom. The van der Waals surface area contributed by atoms with Crippen LogP contribution in [0.3, 0.4) is 0 Å². The van der Waals surface area contributed by atoms with Gasteiger partial charge in [0.15, 0.2) is 0 Å². The highest BCUT2D eigenvalue weighted by atomic mass is 35.5. The molecule has 7 nitrogen and oxygen atoms in total. The van der Waals surface area contributed by atoms with Crippen molar-refractivity contribution in [1.82, 2.24) is 15.4 Å². The van der Waals surface area contributed by atoms with Gasteiger partial charge in [-0.25, -0.2) is 13.1 Å². The lowest BCUT2D eigenvalue weighted by atomic mass is 10.1. The highest BCUT2D eigenvalue weighted by molar-refractivity contribution is 7.89. The lowest BCUT2D eigenvalue weighted by Crippen LogP contribution is -2.56. The lowest BCUT2D eigenvalue weighted by molar-refractivity contribution is -0.128. The maximum atomic E-state index is 12.1. The third-order valence-electron chi connectivity index (χ3n) is 3.42. The van der Waals surface area contributed by atoms with Crippen LogP contribution in [-0.4, -0.2) is 52.7 Å². The molecule has 1 aromatic carbocycles. The summed E-state index contributed by atoms with van der Waals surface area (Å²) in [5.41, 5.74) is 0. The van der Waals surface area contributed by atoms with Crippen molar-refractivity contribution in [2.24, 2.45) is 0 Å². The van der Waals surface area contributed by atoms with Crippen LogP contribution in [-0.2, 0) is 19.6 Å². The van der Waals surface area contributed by atoms with Crippen LogP contribution in [0.5, 0.6) is 0 Å². The minimum atomic E-state index is -3.64. The Balaban J connectivity index is 1.79. The molecule has 23 heavy (non-hydrogen) atoms. The monoisotopic (exact) mass is 361 g/mol. The fraction of sp³-hybridized carbons (Fsp3) is 0.500. The largest absolute Gasteiger partial charge is 0.375 e.